The third kappa shape index (κ3) is 4.26. The molecule has 0 saturated heterocycles. The molecule has 3 N–H and O–H groups in total. The molecule has 7 nitrogen and oxygen atoms in total. The summed E-state index contributed by atoms with van der Waals surface area (Å²) in [5.41, 5.74) is 4.95. The predicted octanol–water partition coefficient (Wildman–Crippen LogP) is 3.18. The molecule has 0 spiro atoms. The summed E-state index contributed by atoms with van der Waals surface area (Å²) in [6, 6.07) is 4.12. The molecule has 1 aromatic heterocycles. The molecule has 2 aliphatic carbocycles. The number of rotatable bonds is 7. The van der Waals surface area contributed by atoms with Gasteiger partial charge in [-0.2, -0.15) is 5.10 Å². The highest BCUT2D eigenvalue weighted by Gasteiger charge is 2.42. The first-order valence-electron chi connectivity index (χ1n) is 11.5. The molecule has 0 bridgehead atoms. The minimum absolute atomic E-state index is 0.105. The Labute approximate surface area is 194 Å². The van der Waals surface area contributed by atoms with E-state index in [0.29, 0.717) is 5.11 Å². The Bertz CT molecular complexity index is 1000. The number of anilines is 1. The van der Waals surface area contributed by atoms with Crippen molar-refractivity contribution in [2.24, 2.45) is 0 Å². The molecular weight excluding hydrogens is 424 g/mol. The number of carbonyl (C=O) groups excluding carboxylic acids is 1. The van der Waals surface area contributed by atoms with Gasteiger partial charge in [-0.3, -0.25) is 4.68 Å². The highest BCUT2D eigenvalue weighted by Crippen LogP contribution is 2.38. The molecule has 0 saturated carbocycles. The van der Waals surface area contributed by atoms with Gasteiger partial charge in [0.2, 0.25) is 5.60 Å². The summed E-state index contributed by atoms with van der Waals surface area (Å²) in [4.78, 5) is 12.7. The SMILES string of the molecule is CCOC(=O)C(O)(CNC(=S)Nc1c2c(cc3c1CCC3)CCC2)c1ccn(C(C)C)n1. The number of aryl methyl sites for hydroxylation is 2. The molecule has 172 valence electrons. The lowest BCUT2D eigenvalue weighted by Crippen LogP contribution is -2.48. The van der Waals surface area contributed by atoms with E-state index < -0.39 is 11.6 Å². The zero-order chi connectivity index (χ0) is 22.9. The third-order valence-electron chi connectivity index (χ3n) is 6.39. The second kappa shape index (κ2) is 9.19. The third-order valence-corrected chi connectivity index (χ3v) is 6.64. The number of fused-ring (bicyclic) bond motifs is 2. The lowest BCUT2D eigenvalue weighted by Gasteiger charge is -2.26. The van der Waals surface area contributed by atoms with Crippen molar-refractivity contribution in [3.05, 3.63) is 46.3 Å². The van der Waals surface area contributed by atoms with Gasteiger partial charge in [-0.15, -0.1) is 0 Å². The summed E-state index contributed by atoms with van der Waals surface area (Å²) in [5, 5.41) is 22.5. The topological polar surface area (TPSA) is 88.4 Å². The standard InChI is InChI=1S/C24H32N4O3S/c1-4-31-22(29)24(30,20-11-12-28(27-20)15(2)3)14-25-23(32)26-21-18-9-5-7-16(18)13-17-8-6-10-19(17)21/h11-13,15,30H,4-10,14H2,1-3H3,(H2,25,26,32). The quantitative estimate of drug-likeness (QED) is 0.436. The van der Waals surface area contributed by atoms with Gasteiger partial charge in [-0.1, -0.05) is 6.07 Å². The van der Waals surface area contributed by atoms with E-state index in [1.165, 1.54) is 22.3 Å². The number of benzene rings is 1. The fourth-order valence-corrected chi connectivity index (χ4v) is 4.87. The zero-order valence-corrected chi connectivity index (χ0v) is 19.8. The molecular formula is C24H32N4O3S. The van der Waals surface area contributed by atoms with Crippen molar-refractivity contribution in [1.29, 1.82) is 0 Å². The first-order valence-corrected chi connectivity index (χ1v) is 11.9. The number of nitrogens with zero attached hydrogens (tertiary/aromatic N) is 2. The molecule has 1 unspecified atom stereocenters. The highest BCUT2D eigenvalue weighted by atomic mass is 32.1. The summed E-state index contributed by atoms with van der Waals surface area (Å²) in [6.45, 7) is 5.70. The molecule has 2 aliphatic rings. The van der Waals surface area contributed by atoms with Gasteiger partial charge in [0.05, 0.1) is 13.2 Å². The molecule has 0 fully saturated rings. The number of thiocarbonyl (C=S) groups is 1. The van der Waals surface area contributed by atoms with Crippen LogP contribution in [0.3, 0.4) is 0 Å². The van der Waals surface area contributed by atoms with Crippen LogP contribution in [0.25, 0.3) is 0 Å². The molecule has 1 atom stereocenters. The van der Waals surface area contributed by atoms with Crippen molar-refractivity contribution in [2.75, 3.05) is 18.5 Å². The van der Waals surface area contributed by atoms with Crippen molar-refractivity contribution in [3.8, 4) is 0 Å². The number of carbonyl (C=O) groups is 1. The van der Waals surface area contributed by atoms with E-state index >= 15 is 0 Å². The Morgan fingerprint density at radius 3 is 2.47 bits per heavy atom. The minimum Gasteiger partial charge on any atom is -0.463 e. The summed E-state index contributed by atoms with van der Waals surface area (Å²) in [7, 11) is 0. The fraction of sp³-hybridized carbons (Fsp3) is 0.542. The van der Waals surface area contributed by atoms with Crippen LogP contribution in [0.4, 0.5) is 5.69 Å². The first kappa shape index (κ1) is 22.7. The van der Waals surface area contributed by atoms with Crippen molar-refractivity contribution in [3.63, 3.8) is 0 Å². The van der Waals surface area contributed by atoms with Crippen LogP contribution in [0, 0.1) is 0 Å². The van der Waals surface area contributed by atoms with Crippen LogP contribution in [0.15, 0.2) is 18.3 Å². The van der Waals surface area contributed by atoms with E-state index in [4.69, 9.17) is 17.0 Å². The van der Waals surface area contributed by atoms with E-state index in [2.05, 4.69) is 21.8 Å². The van der Waals surface area contributed by atoms with Gasteiger partial charge in [0.25, 0.3) is 0 Å². The highest BCUT2D eigenvalue weighted by molar-refractivity contribution is 7.80. The summed E-state index contributed by atoms with van der Waals surface area (Å²) in [6.07, 6.45) is 8.39. The van der Waals surface area contributed by atoms with Crippen LogP contribution in [0.5, 0.6) is 0 Å². The molecule has 4 rings (SSSR count). The fourth-order valence-electron chi connectivity index (χ4n) is 4.70. The second-order valence-corrected chi connectivity index (χ2v) is 9.31. The van der Waals surface area contributed by atoms with Gasteiger partial charge in [0, 0.05) is 17.9 Å². The molecule has 0 amide bonds. The largest absolute Gasteiger partial charge is 0.463 e. The molecule has 1 heterocycles. The van der Waals surface area contributed by atoms with Gasteiger partial charge in [0.1, 0.15) is 5.69 Å². The van der Waals surface area contributed by atoms with Crippen LogP contribution < -0.4 is 10.6 Å². The second-order valence-electron chi connectivity index (χ2n) is 8.90. The number of hydrogen-bond acceptors (Lipinski definition) is 5. The van der Waals surface area contributed by atoms with E-state index in [9.17, 15) is 9.90 Å². The zero-order valence-electron chi connectivity index (χ0n) is 19.0. The normalized spacial score (nSPS) is 16.4. The number of esters is 1. The summed E-state index contributed by atoms with van der Waals surface area (Å²) in [5.74, 6) is -0.745. The van der Waals surface area contributed by atoms with Gasteiger partial charge >= 0.3 is 5.97 Å². The number of aromatic nitrogens is 2. The minimum atomic E-state index is -1.94. The molecule has 32 heavy (non-hydrogen) atoms. The Kier molecular flexibility index (Phi) is 6.53. The Morgan fingerprint density at radius 1 is 1.25 bits per heavy atom. The average Bonchev–Trinajstić information content (AvgIpc) is 3.51. The summed E-state index contributed by atoms with van der Waals surface area (Å²) < 4.78 is 6.86. The molecule has 2 aromatic rings. The Hall–Kier alpha value is -2.45. The van der Waals surface area contributed by atoms with Crippen molar-refractivity contribution in [1.82, 2.24) is 15.1 Å². The van der Waals surface area contributed by atoms with Crippen molar-refractivity contribution < 1.29 is 14.6 Å². The van der Waals surface area contributed by atoms with Crippen molar-refractivity contribution >= 4 is 29.0 Å². The molecule has 0 radical (unpaired) electrons. The van der Waals surface area contributed by atoms with Crippen LogP contribution in [0.2, 0.25) is 0 Å². The van der Waals surface area contributed by atoms with Crippen LogP contribution >= 0.6 is 12.2 Å². The van der Waals surface area contributed by atoms with E-state index in [1.54, 1.807) is 23.9 Å². The number of nitrogens with one attached hydrogen (secondary N) is 2. The van der Waals surface area contributed by atoms with Crippen LogP contribution in [-0.2, 0) is 40.8 Å². The lowest BCUT2D eigenvalue weighted by molar-refractivity contribution is -0.166. The number of hydrogen-bond donors (Lipinski definition) is 3. The maximum absolute atomic E-state index is 12.7. The molecule has 1 aromatic carbocycles. The Balaban J connectivity index is 1.53. The first-order chi connectivity index (χ1) is 15.3. The van der Waals surface area contributed by atoms with Crippen molar-refractivity contribution in [2.45, 2.75) is 70.9 Å². The average molecular weight is 457 g/mol. The molecule has 0 aliphatic heterocycles. The van der Waals surface area contributed by atoms with Crippen LogP contribution in [-0.4, -0.2) is 39.1 Å². The van der Waals surface area contributed by atoms with E-state index in [-0.39, 0.29) is 24.9 Å². The van der Waals surface area contributed by atoms with Crippen LogP contribution in [0.1, 0.15) is 67.6 Å². The monoisotopic (exact) mass is 456 g/mol. The number of aliphatic hydroxyl groups is 1. The number of ether oxygens (including phenoxy) is 1. The maximum atomic E-state index is 12.7. The molecule has 8 heteroatoms. The van der Waals surface area contributed by atoms with E-state index in [1.807, 2.05) is 13.8 Å². The lowest BCUT2D eigenvalue weighted by atomic mass is 9.98. The van der Waals surface area contributed by atoms with Gasteiger partial charge in [-0.25, -0.2) is 4.79 Å². The van der Waals surface area contributed by atoms with E-state index in [0.717, 1.165) is 44.2 Å². The van der Waals surface area contributed by atoms with Gasteiger partial charge in [0.15, 0.2) is 5.11 Å². The maximum Gasteiger partial charge on any atom is 0.346 e. The smallest absolute Gasteiger partial charge is 0.346 e. The van der Waals surface area contributed by atoms with Gasteiger partial charge in [-0.05, 0) is 99.8 Å². The summed E-state index contributed by atoms with van der Waals surface area (Å²) >= 11 is 5.58. The Morgan fingerprint density at radius 2 is 1.91 bits per heavy atom. The van der Waals surface area contributed by atoms with Gasteiger partial charge < -0.3 is 20.5 Å². The predicted molar refractivity (Wildman–Crippen MR) is 128 cm³/mol.